The van der Waals surface area contributed by atoms with Crippen molar-refractivity contribution in [3.63, 3.8) is 0 Å². The minimum atomic E-state index is -0.393. The fourth-order valence-electron chi connectivity index (χ4n) is 4.67. The van der Waals surface area contributed by atoms with Crippen LogP contribution in [0.3, 0.4) is 0 Å². The summed E-state index contributed by atoms with van der Waals surface area (Å²) in [6.07, 6.45) is 0.473. The van der Waals surface area contributed by atoms with E-state index in [2.05, 4.69) is 15.1 Å². The summed E-state index contributed by atoms with van der Waals surface area (Å²) in [6.45, 7) is 6.77. The first kappa shape index (κ1) is 21.2. The van der Waals surface area contributed by atoms with Crippen molar-refractivity contribution in [2.24, 2.45) is 5.92 Å². The molecule has 7 nitrogen and oxygen atoms in total. The van der Waals surface area contributed by atoms with E-state index < -0.39 is 4.92 Å². The maximum atomic E-state index is 13.2. The number of carbonyl (C=O) groups is 1. The smallest absolute Gasteiger partial charge is 0.269 e. The Balaban J connectivity index is 1.61. The number of halogens is 1. The lowest BCUT2D eigenvalue weighted by Gasteiger charge is -2.49. The predicted molar refractivity (Wildman–Crippen MR) is 116 cm³/mol. The van der Waals surface area contributed by atoms with Crippen molar-refractivity contribution in [2.75, 3.05) is 24.5 Å². The number of fused-ring (bicyclic) bond motifs is 3. The van der Waals surface area contributed by atoms with Gasteiger partial charge in [0.1, 0.15) is 5.82 Å². The summed E-state index contributed by atoms with van der Waals surface area (Å²) in [4.78, 5) is 28.4. The summed E-state index contributed by atoms with van der Waals surface area (Å²) >= 11 is 0. The highest BCUT2D eigenvalue weighted by Gasteiger charge is 2.42. The zero-order chi connectivity index (χ0) is 22.1. The number of hydrogen-bond donors (Lipinski definition) is 1. The Morgan fingerprint density at radius 2 is 1.97 bits per heavy atom. The van der Waals surface area contributed by atoms with Crippen molar-refractivity contribution < 1.29 is 14.1 Å². The summed E-state index contributed by atoms with van der Waals surface area (Å²) in [5.74, 6) is -0.573. The summed E-state index contributed by atoms with van der Waals surface area (Å²) in [6, 6.07) is 11.5. The first-order valence-electron chi connectivity index (χ1n) is 10.6. The zero-order valence-corrected chi connectivity index (χ0v) is 17.8. The van der Waals surface area contributed by atoms with Crippen molar-refractivity contribution in [3.8, 4) is 0 Å². The number of amides is 1. The van der Waals surface area contributed by atoms with Crippen LogP contribution in [0.25, 0.3) is 0 Å². The summed E-state index contributed by atoms with van der Waals surface area (Å²) in [5, 5.41) is 14.3. The van der Waals surface area contributed by atoms with Crippen LogP contribution in [0.2, 0.25) is 0 Å². The minimum absolute atomic E-state index is 0.0198. The van der Waals surface area contributed by atoms with Crippen LogP contribution in [0.4, 0.5) is 15.8 Å². The second-order valence-corrected chi connectivity index (χ2v) is 8.67. The summed E-state index contributed by atoms with van der Waals surface area (Å²) in [7, 11) is 0. The van der Waals surface area contributed by atoms with E-state index in [9.17, 15) is 19.3 Å². The van der Waals surface area contributed by atoms with Gasteiger partial charge in [0.15, 0.2) is 0 Å². The van der Waals surface area contributed by atoms with E-state index in [0.717, 1.165) is 29.9 Å². The monoisotopic (exact) mass is 426 g/mol. The molecule has 8 heteroatoms. The van der Waals surface area contributed by atoms with Crippen LogP contribution < -0.4 is 10.2 Å². The van der Waals surface area contributed by atoms with E-state index in [4.69, 9.17) is 0 Å². The first-order valence-corrected chi connectivity index (χ1v) is 10.6. The van der Waals surface area contributed by atoms with E-state index in [-0.39, 0.29) is 35.4 Å². The molecule has 0 unspecified atom stereocenters. The number of nitrogens with one attached hydrogen (secondary N) is 1. The van der Waals surface area contributed by atoms with Gasteiger partial charge < -0.3 is 10.2 Å². The van der Waals surface area contributed by atoms with Gasteiger partial charge >= 0.3 is 0 Å². The highest BCUT2D eigenvalue weighted by Crippen LogP contribution is 2.38. The van der Waals surface area contributed by atoms with Crippen LogP contribution in [0.1, 0.15) is 25.0 Å². The van der Waals surface area contributed by atoms with Gasteiger partial charge in [0.05, 0.1) is 16.9 Å². The van der Waals surface area contributed by atoms with E-state index in [1.54, 1.807) is 18.2 Å². The molecular weight excluding hydrogens is 399 g/mol. The van der Waals surface area contributed by atoms with Crippen molar-refractivity contribution in [2.45, 2.75) is 38.9 Å². The van der Waals surface area contributed by atoms with E-state index in [1.165, 1.54) is 18.2 Å². The average Bonchev–Trinajstić information content (AvgIpc) is 2.73. The van der Waals surface area contributed by atoms with Gasteiger partial charge in [-0.15, -0.1) is 0 Å². The molecule has 0 radical (unpaired) electrons. The minimum Gasteiger partial charge on any atom is -0.365 e. The van der Waals surface area contributed by atoms with E-state index in [1.807, 2.05) is 19.9 Å². The number of nitro groups is 1. The third-order valence-corrected chi connectivity index (χ3v) is 6.08. The van der Waals surface area contributed by atoms with Gasteiger partial charge in [-0.25, -0.2) is 4.39 Å². The quantitative estimate of drug-likeness (QED) is 0.587. The Morgan fingerprint density at radius 3 is 2.65 bits per heavy atom. The third kappa shape index (κ3) is 4.54. The zero-order valence-electron chi connectivity index (χ0n) is 17.8. The SMILES string of the molecule is CC(C)NC(=O)[C@@H]1Cc2cc([N+](=O)[O-])ccc2N2CCN(Cc3ccc(F)cc3)C[C@@H]12. The molecule has 2 aliphatic rings. The molecule has 1 saturated heterocycles. The normalized spacial score (nSPS) is 20.8. The lowest BCUT2D eigenvalue weighted by molar-refractivity contribution is -0.384. The van der Waals surface area contributed by atoms with Crippen LogP contribution in [-0.2, 0) is 17.8 Å². The number of nitrogens with zero attached hydrogens (tertiary/aromatic N) is 3. The fourth-order valence-corrected chi connectivity index (χ4v) is 4.67. The molecule has 0 spiro atoms. The number of rotatable bonds is 5. The third-order valence-electron chi connectivity index (χ3n) is 6.08. The van der Waals surface area contributed by atoms with Crippen LogP contribution in [0.15, 0.2) is 42.5 Å². The number of nitro benzene ring substituents is 1. The number of carbonyl (C=O) groups excluding carboxylic acids is 1. The maximum absolute atomic E-state index is 13.2. The molecule has 2 aromatic carbocycles. The highest BCUT2D eigenvalue weighted by molar-refractivity contribution is 5.82. The van der Waals surface area contributed by atoms with Gasteiger partial charge in [0.25, 0.3) is 5.69 Å². The van der Waals surface area contributed by atoms with Crippen molar-refractivity contribution >= 4 is 17.3 Å². The Kier molecular flexibility index (Phi) is 5.91. The molecule has 4 rings (SSSR count). The Hall–Kier alpha value is -3.00. The van der Waals surface area contributed by atoms with Crippen LogP contribution in [0, 0.1) is 21.8 Å². The molecule has 0 aliphatic carbocycles. The van der Waals surface area contributed by atoms with Gasteiger partial charge in [-0.1, -0.05) is 12.1 Å². The summed E-state index contributed by atoms with van der Waals surface area (Å²) < 4.78 is 13.2. The second-order valence-electron chi connectivity index (χ2n) is 8.67. The molecule has 2 atom stereocenters. The molecule has 0 bridgehead atoms. The number of piperazine rings is 1. The van der Waals surface area contributed by atoms with E-state index in [0.29, 0.717) is 19.5 Å². The van der Waals surface area contributed by atoms with Gasteiger partial charge in [-0.05, 0) is 49.6 Å². The largest absolute Gasteiger partial charge is 0.365 e. The van der Waals surface area contributed by atoms with Crippen LogP contribution in [0.5, 0.6) is 0 Å². The van der Waals surface area contributed by atoms with Gasteiger partial charge in [0.2, 0.25) is 5.91 Å². The average molecular weight is 426 g/mol. The number of non-ortho nitro benzene ring substituents is 1. The predicted octanol–water partition coefficient (Wildman–Crippen LogP) is 3.12. The Morgan fingerprint density at radius 1 is 1.23 bits per heavy atom. The highest BCUT2D eigenvalue weighted by atomic mass is 19.1. The van der Waals surface area contributed by atoms with Crippen molar-refractivity contribution in [1.29, 1.82) is 0 Å². The molecular formula is C23H27FN4O3. The van der Waals surface area contributed by atoms with Gasteiger partial charge in [-0.3, -0.25) is 19.8 Å². The molecule has 1 N–H and O–H groups in total. The Labute approximate surface area is 181 Å². The summed E-state index contributed by atoms with van der Waals surface area (Å²) in [5.41, 5.74) is 2.91. The maximum Gasteiger partial charge on any atom is 0.269 e. The molecule has 31 heavy (non-hydrogen) atoms. The molecule has 2 heterocycles. The Bertz CT molecular complexity index is 979. The number of benzene rings is 2. The van der Waals surface area contributed by atoms with Crippen molar-refractivity contribution in [1.82, 2.24) is 10.2 Å². The number of anilines is 1. The van der Waals surface area contributed by atoms with Crippen LogP contribution >= 0.6 is 0 Å². The molecule has 2 aromatic rings. The second kappa shape index (κ2) is 8.63. The van der Waals surface area contributed by atoms with Crippen molar-refractivity contribution in [3.05, 3.63) is 69.5 Å². The fraction of sp³-hybridized carbons (Fsp3) is 0.435. The molecule has 0 saturated carbocycles. The standard InChI is InChI=1S/C23H27FN4O3/c1-15(2)25-23(29)20-12-17-11-19(28(30)31)7-8-21(17)27-10-9-26(14-22(20)27)13-16-3-5-18(24)6-4-16/h3-8,11,15,20,22H,9-10,12-14H2,1-2H3,(H,25,29)/t20-,22+/m1/s1. The molecule has 164 valence electrons. The topological polar surface area (TPSA) is 78.7 Å². The molecule has 1 amide bonds. The van der Waals surface area contributed by atoms with Gasteiger partial charge in [-0.2, -0.15) is 0 Å². The lowest BCUT2D eigenvalue weighted by atomic mass is 9.83. The van der Waals surface area contributed by atoms with Gasteiger partial charge in [0, 0.05) is 50.0 Å². The van der Waals surface area contributed by atoms with Crippen LogP contribution in [-0.4, -0.2) is 47.4 Å². The molecule has 2 aliphatic heterocycles. The molecule has 1 fully saturated rings. The van der Waals surface area contributed by atoms with E-state index >= 15 is 0 Å². The lowest BCUT2D eigenvalue weighted by Crippen LogP contribution is -2.61. The molecule has 0 aromatic heterocycles. The number of hydrogen-bond acceptors (Lipinski definition) is 5. The first-order chi connectivity index (χ1) is 14.8.